The van der Waals surface area contributed by atoms with Crippen LogP contribution in [0.4, 0.5) is 11.4 Å². The number of carbonyl (C=O) groups excluding carboxylic acids is 1. The summed E-state index contributed by atoms with van der Waals surface area (Å²) in [4.78, 5) is 20.2. The highest BCUT2D eigenvalue weighted by Gasteiger charge is 2.35. The normalized spacial score (nSPS) is 15.8. The highest BCUT2D eigenvalue weighted by Crippen LogP contribution is 2.39. The number of anilines is 1. The molecule has 1 aliphatic heterocycles. The molecule has 5 rings (SSSR count). The van der Waals surface area contributed by atoms with Gasteiger partial charge >= 0.3 is 10.1 Å². The Balaban J connectivity index is 1.54. The molecular formula is C28H18BrClN2O4S2. The SMILES string of the molecule is O=C1/C(=C\c2cc(Br)ccc2OS(=O)(=O)c2ccc(Cl)cc2)SC(=Nc2ccccc2)N1c1ccccc1. The third kappa shape index (κ3) is 5.86. The number of amidine groups is 1. The van der Waals surface area contributed by atoms with Crippen molar-refractivity contribution in [3.8, 4) is 5.75 Å². The Labute approximate surface area is 237 Å². The molecule has 1 fully saturated rings. The van der Waals surface area contributed by atoms with E-state index in [1.165, 1.54) is 47.0 Å². The van der Waals surface area contributed by atoms with Crippen molar-refractivity contribution in [1.82, 2.24) is 0 Å². The number of hydrogen-bond donors (Lipinski definition) is 0. The second kappa shape index (κ2) is 11.2. The topological polar surface area (TPSA) is 76.0 Å². The van der Waals surface area contributed by atoms with Crippen LogP contribution in [0.15, 0.2) is 122 Å². The molecule has 1 amide bonds. The molecule has 1 heterocycles. The zero-order valence-electron chi connectivity index (χ0n) is 19.5. The minimum atomic E-state index is -4.15. The van der Waals surface area contributed by atoms with E-state index in [0.717, 1.165) is 0 Å². The number of carbonyl (C=O) groups is 1. The van der Waals surface area contributed by atoms with Crippen molar-refractivity contribution in [2.45, 2.75) is 4.90 Å². The molecule has 0 aromatic heterocycles. The quantitative estimate of drug-likeness (QED) is 0.162. The maximum Gasteiger partial charge on any atom is 0.339 e. The summed E-state index contributed by atoms with van der Waals surface area (Å²) in [5.41, 5.74) is 1.77. The number of para-hydroxylation sites is 2. The Hall–Kier alpha value is -3.37. The molecule has 0 saturated carbocycles. The minimum absolute atomic E-state index is 0.0396. The van der Waals surface area contributed by atoms with Crippen LogP contribution in [0.1, 0.15) is 5.56 Å². The highest BCUT2D eigenvalue weighted by molar-refractivity contribution is 9.10. The summed E-state index contributed by atoms with van der Waals surface area (Å²) in [5, 5.41) is 0.885. The van der Waals surface area contributed by atoms with Crippen LogP contribution >= 0.6 is 39.3 Å². The van der Waals surface area contributed by atoms with Crippen LogP contribution in [0.2, 0.25) is 5.02 Å². The van der Waals surface area contributed by atoms with E-state index in [4.69, 9.17) is 20.8 Å². The van der Waals surface area contributed by atoms with E-state index in [-0.39, 0.29) is 16.6 Å². The van der Waals surface area contributed by atoms with Crippen LogP contribution in [0, 0.1) is 0 Å². The smallest absolute Gasteiger partial charge is 0.339 e. The molecule has 1 saturated heterocycles. The molecule has 0 unspecified atom stereocenters. The zero-order valence-corrected chi connectivity index (χ0v) is 23.5. The first-order valence-corrected chi connectivity index (χ1v) is 14.6. The number of aliphatic imine (C=N–C) groups is 1. The highest BCUT2D eigenvalue weighted by atomic mass is 79.9. The lowest BCUT2D eigenvalue weighted by Gasteiger charge is -2.15. The van der Waals surface area contributed by atoms with E-state index >= 15 is 0 Å². The average Bonchev–Trinajstić information content (AvgIpc) is 3.21. The van der Waals surface area contributed by atoms with Crippen molar-refractivity contribution in [2.75, 3.05) is 4.90 Å². The lowest BCUT2D eigenvalue weighted by molar-refractivity contribution is -0.113. The van der Waals surface area contributed by atoms with Crippen molar-refractivity contribution in [1.29, 1.82) is 0 Å². The molecule has 38 heavy (non-hydrogen) atoms. The van der Waals surface area contributed by atoms with Crippen molar-refractivity contribution in [3.63, 3.8) is 0 Å². The zero-order chi connectivity index (χ0) is 26.7. The van der Waals surface area contributed by atoms with E-state index in [2.05, 4.69) is 15.9 Å². The summed E-state index contributed by atoms with van der Waals surface area (Å²) in [6.07, 6.45) is 1.61. The van der Waals surface area contributed by atoms with Crippen molar-refractivity contribution >= 4 is 77.9 Å². The Morgan fingerprint density at radius 3 is 2.24 bits per heavy atom. The molecule has 4 aromatic rings. The summed E-state index contributed by atoms with van der Waals surface area (Å²) in [6.45, 7) is 0. The second-order valence-electron chi connectivity index (χ2n) is 7.99. The maximum atomic E-state index is 13.6. The van der Waals surface area contributed by atoms with Crippen LogP contribution in [-0.4, -0.2) is 19.5 Å². The number of halogens is 2. The molecule has 190 valence electrons. The molecule has 0 N–H and O–H groups in total. The van der Waals surface area contributed by atoms with Gasteiger partial charge in [-0.2, -0.15) is 8.42 Å². The fourth-order valence-electron chi connectivity index (χ4n) is 3.58. The molecule has 0 spiro atoms. The molecule has 0 bridgehead atoms. The molecule has 6 nitrogen and oxygen atoms in total. The van der Waals surface area contributed by atoms with Gasteiger partial charge < -0.3 is 4.18 Å². The molecule has 10 heteroatoms. The number of rotatable bonds is 6. The summed E-state index contributed by atoms with van der Waals surface area (Å²) in [7, 11) is -4.15. The van der Waals surface area contributed by atoms with Gasteiger partial charge in [0.15, 0.2) is 5.17 Å². The number of amides is 1. The standard InChI is InChI=1S/C28H18BrClN2O4S2/c29-20-11-16-25(36-38(34,35)24-14-12-21(30)13-15-24)19(17-20)18-26-27(33)32(23-9-5-2-6-10-23)28(37-26)31-22-7-3-1-4-8-22/h1-18H/b26-18+,31-28?. The average molecular weight is 626 g/mol. The van der Waals surface area contributed by atoms with Gasteiger partial charge in [-0.15, -0.1) is 0 Å². The lowest BCUT2D eigenvalue weighted by Crippen LogP contribution is -2.28. The first kappa shape index (κ1) is 26.2. The van der Waals surface area contributed by atoms with Gasteiger partial charge in [-0.05, 0) is 84.6 Å². The Morgan fingerprint density at radius 1 is 0.895 bits per heavy atom. The summed E-state index contributed by atoms with van der Waals surface area (Å²) >= 11 is 10.5. The van der Waals surface area contributed by atoms with E-state index in [9.17, 15) is 13.2 Å². The molecule has 0 aliphatic carbocycles. The van der Waals surface area contributed by atoms with Gasteiger partial charge in [0.05, 0.1) is 16.3 Å². The number of hydrogen-bond acceptors (Lipinski definition) is 6. The second-order valence-corrected chi connectivity index (χ2v) is 11.9. The van der Waals surface area contributed by atoms with Crippen LogP contribution in [0.5, 0.6) is 5.75 Å². The lowest BCUT2D eigenvalue weighted by atomic mass is 10.2. The number of benzene rings is 4. The Morgan fingerprint density at radius 2 is 1.55 bits per heavy atom. The minimum Gasteiger partial charge on any atom is -0.378 e. The first-order chi connectivity index (χ1) is 18.3. The first-order valence-electron chi connectivity index (χ1n) is 11.2. The van der Waals surface area contributed by atoms with Gasteiger partial charge in [0, 0.05) is 15.1 Å². The van der Waals surface area contributed by atoms with Crippen molar-refractivity contribution in [2.24, 2.45) is 4.99 Å². The summed E-state index contributed by atoms with van der Waals surface area (Å²) in [6, 6.07) is 29.1. The Kier molecular flexibility index (Phi) is 7.71. The van der Waals surface area contributed by atoms with Crippen molar-refractivity contribution in [3.05, 3.63) is 123 Å². The van der Waals surface area contributed by atoms with Crippen LogP contribution in [-0.2, 0) is 14.9 Å². The predicted molar refractivity (Wildman–Crippen MR) is 156 cm³/mol. The van der Waals surface area contributed by atoms with Gasteiger partial charge in [0.2, 0.25) is 0 Å². The molecule has 4 aromatic carbocycles. The van der Waals surface area contributed by atoms with E-state index < -0.39 is 10.1 Å². The van der Waals surface area contributed by atoms with Gasteiger partial charge in [0.25, 0.3) is 5.91 Å². The number of nitrogens with zero attached hydrogens (tertiary/aromatic N) is 2. The van der Waals surface area contributed by atoms with Crippen LogP contribution in [0.3, 0.4) is 0 Å². The van der Waals surface area contributed by atoms with Crippen LogP contribution in [0.25, 0.3) is 6.08 Å². The summed E-state index contributed by atoms with van der Waals surface area (Å²) < 4.78 is 32.1. The fourth-order valence-corrected chi connectivity index (χ4v) is 6.03. The molecule has 0 radical (unpaired) electrons. The van der Waals surface area contributed by atoms with Gasteiger partial charge in [-0.1, -0.05) is 63.9 Å². The predicted octanol–water partition coefficient (Wildman–Crippen LogP) is 7.68. The monoisotopic (exact) mass is 624 g/mol. The number of thioether (sulfide) groups is 1. The van der Waals surface area contributed by atoms with Gasteiger partial charge in [-0.25, -0.2) is 4.99 Å². The van der Waals surface area contributed by atoms with Gasteiger partial charge in [-0.3, -0.25) is 9.69 Å². The molecule has 1 aliphatic rings. The maximum absolute atomic E-state index is 13.6. The van der Waals surface area contributed by atoms with Crippen molar-refractivity contribution < 1.29 is 17.4 Å². The van der Waals surface area contributed by atoms with Gasteiger partial charge in [0.1, 0.15) is 10.6 Å². The van der Waals surface area contributed by atoms with E-state index in [0.29, 0.717) is 36.5 Å². The van der Waals surface area contributed by atoms with E-state index in [1.54, 1.807) is 18.2 Å². The fraction of sp³-hybridized carbons (Fsp3) is 0. The molecular weight excluding hydrogens is 608 g/mol. The molecule has 0 atom stereocenters. The summed E-state index contributed by atoms with van der Waals surface area (Å²) in [5.74, 6) is -0.217. The Bertz CT molecular complexity index is 1660. The third-order valence-electron chi connectivity index (χ3n) is 5.36. The third-order valence-corrected chi connectivity index (χ3v) is 8.32. The van der Waals surface area contributed by atoms with Crippen LogP contribution < -0.4 is 9.08 Å². The van der Waals surface area contributed by atoms with E-state index in [1.807, 2.05) is 60.7 Å². The largest absolute Gasteiger partial charge is 0.378 e.